The zero-order valence-electron chi connectivity index (χ0n) is 14.7. The summed E-state index contributed by atoms with van der Waals surface area (Å²) in [6, 6.07) is 18.1. The maximum Gasteiger partial charge on any atom is 0.201 e. The highest BCUT2D eigenvalue weighted by molar-refractivity contribution is 7.99. The Hall–Kier alpha value is -1.04. The predicted octanol–water partition coefficient (Wildman–Crippen LogP) is 5.97. The molecule has 2 aliphatic rings. The van der Waals surface area contributed by atoms with Crippen LogP contribution in [0.25, 0.3) is 0 Å². The van der Waals surface area contributed by atoms with Crippen LogP contribution in [0, 0.1) is 0 Å². The summed E-state index contributed by atoms with van der Waals surface area (Å²) >= 11 is 7.71. The van der Waals surface area contributed by atoms with E-state index in [0.29, 0.717) is 12.4 Å². The van der Waals surface area contributed by atoms with E-state index in [1.165, 1.54) is 6.42 Å². The van der Waals surface area contributed by atoms with Gasteiger partial charge in [0.15, 0.2) is 5.60 Å². The summed E-state index contributed by atoms with van der Waals surface area (Å²) in [5, 5.41) is 0.743. The first-order valence-corrected chi connectivity index (χ1v) is 10.5. The number of benzene rings is 2. The van der Waals surface area contributed by atoms with Crippen molar-refractivity contribution in [3.63, 3.8) is 0 Å². The number of rotatable bonds is 4. The lowest BCUT2D eigenvalue weighted by atomic mass is 9.92. The van der Waals surface area contributed by atoms with E-state index in [1.807, 2.05) is 42.5 Å². The van der Waals surface area contributed by atoms with E-state index in [-0.39, 0.29) is 0 Å². The Bertz CT molecular complexity index is 704. The molecule has 26 heavy (non-hydrogen) atoms. The SMILES string of the molecule is Clc1ccc(SCC2(c3ccccc3)COC3(CCCCC3)OO2)cc1. The second-order valence-electron chi connectivity index (χ2n) is 7.03. The average molecular weight is 391 g/mol. The van der Waals surface area contributed by atoms with Crippen molar-refractivity contribution in [2.75, 3.05) is 12.4 Å². The lowest BCUT2D eigenvalue weighted by molar-refractivity contribution is -0.517. The first-order valence-electron chi connectivity index (χ1n) is 9.15. The van der Waals surface area contributed by atoms with Crippen LogP contribution in [0.2, 0.25) is 5.02 Å². The molecule has 0 amide bonds. The topological polar surface area (TPSA) is 27.7 Å². The number of ether oxygens (including phenoxy) is 1. The molecule has 1 saturated heterocycles. The van der Waals surface area contributed by atoms with Gasteiger partial charge in [-0.1, -0.05) is 48.4 Å². The lowest BCUT2D eigenvalue weighted by Gasteiger charge is -2.46. The van der Waals surface area contributed by atoms with Gasteiger partial charge in [0.05, 0.1) is 6.61 Å². The maximum absolute atomic E-state index is 6.30. The smallest absolute Gasteiger partial charge is 0.201 e. The van der Waals surface area contributed by atoms with E-state index in [2.05, 4.69) is 12.1 Å². The van der Waals surface area contributed by atoms with Crippen molar-refractivity contribution < 1.29 is 14.5 Å². The summed E-state index contributed by atoms with van der Waals surface area (Å²) in [7, 11) is 0. The van der Waals surface area contributed by atoms with Gasteiger partial charge in [-0.05, 0) is 42.7 Å². The number of hydrogen-bond acceptors (Lipinski definition) is 4. The van der Waals surface area contributed by atoms with Gasteiger partial charge < -0.3 is 4.74 Å². The molecule has 2 fully saturated rings. The molecule has 2 aromatic rings. The Morgan fingerprint density at radius 3 is 2.27 bits per heavy atom. The van der Waals surface area contributed by atoms with Crippen LogP contribution in [0.4, 0.5) is 0 Å². The van der Waals surface area contributed by atoms with E-state index >= 15 is 0 Å². The molecule has 1 unspecified atom stereocenters. The minimum atomic E-state index is -0.617. The standard InChI is InChI=1S/C21H23ClO3S/c22-18-9-11-19(12-10-18)26-16-20(17-7-3-1-4-8-17)15-23-21(25-24-20)13-5-2-6-14-21/h1,3-4,7-12H,2,5-6,13-16H2. The largest absolute Gasteiger partial charge is 0.344 e. The maximum atomic E-state index is 6.30. The van der Waals surface area contributed by atoms with Gasteiger partial charge in [-0.2, -0.15) is 0 Å². The minimum Gasteiger partial charge on any atom is -0.344 e. The fourth-order valence-corrected chi connectivity index (χ4v) is 4.68. The minimum absolute atomic E-state index is 0.498. The van der Waals surface area contributed by atoms with Gasteiger partial charge in [0.2, 0.25) is 5.79 Å². The Morgan fingerprint density at radius 2 is 1.62 bits per heavy atom. The van der Waals surface area contributed by atoms with E-state index in [9.17, 15) is 0 Å². The second-order valence-corrected chi connectivity index (χ2v) is 8.51. The molecule has 1 saturated carbocycles. The van der Waals surface area contributed by atoms with Gasteiger partial charge in [-0.15, -0.1) is 11.8 Å². The molecule has 2 aromatic carbocycles. The molecule has 1 aliphatic carbocycles. The zero-order chi connectivity index (χ0) is 17.9. The van der Waals surface area contributed by atoms with Crippen LogP contribution in [0.1, 0.15) is 37.7 Å². The second kappa shape index (κ2) is 7.91. The van der Waals surface area contributed by atoms with Crippen LogP contribution in [-0.2, 0) is 20.1 Å². The summed E-state index contributed by atoms with van der Waals surface area (Å²) in [5.41, 5.74) is 0.459. The normalized spacial score (nSPS) is 25.3. The van der Waals surface area contributed by atoms with E-state index < -0.39 is 11.4 Å². The molecule has 0 N–H and O–H groups in total. The van der Waals surface area contributed by atoms with Crippen molar-refractivity contribution in [2.24, 2.45) is 0 Å². The Balaban J connectivity index is 1.52. The molecule has 5 heteroatoms. The number of halogens is 1. The van der Waals surface area contributed by atoms with Crippen molar-refractivity contribution in [1.82, 2.24) is 0 Å². The molecular formula is C21H23ClO3S. The third-order valence-corrected chi connectivity index (χ3v) is 6.59. The monoisotopic (exact) mass is 390 g/mol. The summed E-state index contributed by atoms with van der Waals surface area (Å²) < 4.78 is 6.30. The summed E-state index contributed by atoms with van der Waals surface area (Å²) in [4.78, 5) is 13.2. The summed E-state index contributed by atoms with van der Waals surface area (Å²) in [6.45, 7) is 0.498. The Kier molecular flexibility index (Phi) is 5.58. The molecule has 1 spiro atoms. The Labute approximate surface area is 163 Å². The van der Waals surface area contributed by atoms with Crippen molar-refractivity contribution in [2.45, 2.75) is 48.4 Å². The third kappa shape index (κ3) is 3.95. The Morgan fingerprint density at radius 1 is 0.885 bits per heavy atom. The highest BCUT2D eigenvalue weighted by atomic mass is 35.5. The van der Waals surface area contributed by atoms with Crippen molar-refractivity contribution in [3.8, 4) is 0 Å². The molecular weight excluding hydrogens is 368 g/mol. The molecule has 138 valence electrons. The van der Waals surface area contributed by atoms with Gasteiger partial charge in [-0.25, -0.2) is 9.78 Å². The molecule has 4 rings (SSSR count). The number of thioether (sulfide) groups is 1. The highest BCUT2D eigenvalue weighted by Crippen LogP contribution is 2.43. The van der Waals surface area contributed by atoms with E-state index in [1.54, 1.807) is 11.8 Å². The zero-order valence-corrected chi connectivity index (χ0v) is 16.2. The van der Waals surface area contributed by atoms with E-state index in [0.717, 1.165) is 41.2 Å². The van der Waals surface area contributed by atoms with E-state index in [4.69, 9.17) is 26.1 Å². The van der Waals surface area contributed by atoms with Gasteiger partial charge in [0, 0.05) is 28.5 Å². The summed E-state index contributed by atoms with van der Waals surface area (Å²) in [6.07, 6.45) is 5.30. The van der Waals surface area contributed by atoms with Crippen molar-refractivity contribution in [1.29, 1.82) is 0 Å². The quantitative estimate of drug-likeness (QED) is 0.475. The van der Waals surface area contributed by atoms with Crippen LogP contribution in [-0.4, -0.2) is 18.1 Å². The average Bonchev–Trinajstić information content (AvgIpc) is 2.71. The van der Waals surface area contributed by atoms with Crippen molar-refractivity contribution >= 4 is 23.4 Å². The molecule has 0 aromatic heterocycles. The number of hydrogen-bond donors (Lipinski definition) is 0. The first kappa shape index (κ1) is 18.3. The summed E-state index contributed by atoms with van der Waals surface area (Å²) in [5.74, 6) is 0.149. The molecule has 1 heterocycles. The van der Waals surface area contributed by atoms with Crippen molar-refractivity contribution in [3.05, 3.63) is 65.2 Å². The predicted molar refractivity (Wildman–Crippen MR) is 104 cm³/mol. The van der Waals surface area contributed by atoms with Gasteiger partial charge in [0.1, 0.15) is 0 Å². The third-order valence-electron chi connectivity index (χ3n) is 5.12. The molecule has 0 bridgehead atoms. The lowest BCUT2D eigenvalue weighted by Crippen LogP contribution is -2.52. The van der Waals surface area contributed by atoms with Crippen LogP contribution < -0.4 is 0 Å². The van der Waals surface area contributed by atoms with Gasteiger partial charge in [-0.3, -0.25) is 0 Å². The van der Waals surface area contributed by atoms with Crippen LogP contribution in [0.5, 0.6) is 0 Å². The molecule has 3 nitrogen and oxygen atoms in total. The molecule has 0 radical (unpaired) electrons. The fraction of sp³-hybridized carbons (Fsp3) is 0.429. The van der Waals surface area contributed by atoms with Gasteiger partial charge >= 0.3 is 0 Å². The van der Waals surface area contributed by atoms with Gasteiger partial charge in [0.25, 0.3) is 0 Å². The van der Waals surface area contributed by atoms with Crippen LogP contribution in [0.3, 0.4) is 0 Å². The highest BCUT2D eigenvalue weighted by Gasteiger charge is 2.48. The van der Waals surface area contributed by atoms with Crippen LogP contribution >= 0.6 is 23.4 Å². The molecule has 1 atom stereocenters. The molecule has 1 aliphatic heterocycles. The first-order chi connectivity index (χ1) is 12.7. The fourth-order valence-electron chi connectivity index (χ4n) is 3.52. The van der Waals surface area contributed by atoms with Crippen LogP contribution in [0.15, 0.2) is 59.5 Å².